The molecule has 0 spiro atoms. The van der Waals surface area contributed by atoms with Gasteiger partial charge in [-0.15, -0.1) is 0 Å². The fraction of sp³-hybridized carbons (Fsp3) is 0.812. The second-order valence-corrected chi connectivity index (χ2v) is 8.71. The molecule has 1 aromatic rings. The van der Waals surface area contributed by atoms with Crippen LogP contribution < -0.4 is 4.72 Å². The molecule has 2 aliphatic rings. The predicted molar refractivity (Wildman–Crippen MR) is 90.7 cm³/mol. The Kier molecular flexibility index (Phi) is 5.08. The van der Waals surface area contributed by atoms with Gasteiger partial charge in [-0.05, 0) is 44.1 Å². The fourth-order valence-electron chi connectivity index (χ4n) is 3.79. The number of sulfonamides is 1. The van der Waals surface area contributed by atoms with Crippen LogP contribution in [0.2, 0.25) is 0 Å². The number of fused-ring (bicyclic) bond motifs is 1. The lowest BCUT2D eigenvalue weighted by Gasteiger charge is -2.32. The molecule has 23 heavy (non-hydrogen) atoms. The summed E-state index contributed by atoms with van der Waals surface area (Å²) in [6.45, 7) is 4.72. The van der Waals surface area contributed by atoms with Crippen LogP contribution in [0.4, 0.5) is 0 Å². The van der Waals surface area contributed by atoms with Crippen molar-refractivity contribution in [3.63, 3.8) is 0 Å². The third-order valence-corrected chi connectivity index (χ3v) is 6.62. The second kappa shape index (κ2) is 6.91. The molecule has 1 fully saturated rings. The zero-order valence-electron chi connectivity index (χ0n) is 14.2. The topological polar surface area (TPSA) is 67.2 Å². The number of nitrogens with one attached hydrogen (secondary N) is 1. The van der Waals surface area contributed by atoms with Crippen LogP contribution >= 0.6 is 0 Å². The molecule has 1 aliphatic carbocycles. The number of likely N-dealkylation sites (tertiary alicyclic amines) is 1. The molecule has 1 aliphatic heterocycles. The molecule has 3 rings (SSSR count). The van der Waals surface area contributed by atoms with E-state index in [4.69, 9.17) is 0 Å². The lowest BCUT2D eigenvalue weighted by Crippen LogP contribution is -2.45. The van der Waals surface area contributed by atoms with Gasteiger partial charge in [0.15, 0.2) is 0 Å². The Bertz CT molecular complexity index is 645. The molecule has 0 atom stereocenters. The van der Waals surface area contributed by atoms with Gasteiger partial charge in [-0.25, -0.2) is 13.1 Å². The van der Waals surface area contributed by atoms with Crippen LogP contribution in [0, 0.1) is 0 Å². The molecular weight excluding hydrogens is 312 g/mol. The van der Waals surface area contributed by atoms with E-state index >= 15 is 0 Å². The first-order valence-corrected chi connectivity index (χ1v) is 10.4. The summed E-state index contributed by atoms with van der Waals surface area (Å²) < 4.78 is 28.6. The highest BCUT2D eigenvalue weighted by Crippen LogP contribution is 2.26. The van der Waals surface area contributed by atoms with E-state index in [1.807, 2.05) is 18.7 Å². The lowest BCUT2D eigenvalue weighted by molar-refractivity contribution is 0.195. The van der Waals surface area contributed by atoms with Crippen LogP contribution in [-0.4, -0.2) is 48.0 Å². The molecule has 1 saturated heterocycles. The van der Waals surface area contributed by atoms with Crippen molar-refractivity contribution in [2.24, 2.45) is 7.05 Å². The first kappa shape index (κ1) is 16.9. The monoisotopic (exact) mass is 340 g/mol. The third kappa shape index (κ3) is 3.95. The Morgan fingerprint density at radius 3 is 2.70 bits per heavy atom. The van der Waals surface area contributed by atoms with Gasteiger partial charge in [-0.3, -0.25) is 9.58 Å². The van der Waals surface area contributed by atoms with Crippen molar-refractivity contribution < 1.29 is 8.42 Å². The van der Waals surface area contributed by atoms with Gasteiger partial charge in [0.2, 0.25) is 10.0 Å². The fourth-order valence-corrected chi connectivity index (χ4v) is 5.18. The minimum atomic E-state index is -3.10. The van der Waals surface area contributed by atoms with Gasteiger partial charge in [0.05, 0.1) is 17.1 Å². The van der Waals surface area contributed by atoms with E-state index in [0.717, 1.165) is 45.3 Å². The minimum absolute atomic E-state index is 0.0973. The highest BCUT2D eigenvalue weighted by molar-refractivity contribution is 7.89. The summed E-state index contributed by atoms with van der Waals surface area (Å²) in [4.78, 5) is 2.43. The summed E-state index contributed by atoms with van der Waals surface area (Å²) in [6.07, 6.45) is 5.95. The van der Waals surface area contributed by atoms with E-state index in [-0.39, 0.29) is 11.8 Å². The molecule has 1 aromatic heterocycles. The Morgan fingerprint density at radius 2 is 2.00 bits per heavy atom. The molecule has 0 saturated carbocycles. The summed E-state index contributed by atoms with van der Waals surface area (Å²) in [5.74, 6) is 0.231. The molecule has 6 nitrogen and oxygen atoms in total. The highest BCUT2D eigenvalue weighted by atomic mass is 32.2. The number of rotatable bonds is 6. The molecule has 0 unspecified atom stereocenters. The Morgan fingerprint density at radius 1 is 1.26 bits per heavy atom. The Balaban J connectivity index is 1.54. The van der Waals surface area contributed by atoms with E-state index in [9.17, 15) is 8.42 Å². The van der Waals surface area contributed by atoms with Gasteiger partial charge in [0.1, 0.15) is 0 Å². The maximum Gasteiger partial charge on any atom is 0.211 e. The molecule has 1 N–H and O–H groups in total. The lowest BCUT2D eigenvalue weighted by atomic mass is 10.1. The van der Waals surface area contributed by atoms with Crippen LogP contribution in [0.3, 0.4) is 0 Å². The minimum Gasteiger partial charge on any atom is -0.297 e. The van der Waals surface area contributed by atoms with E-state index in [0.29, 0.717) is 6.42 Å². The highest BCUT2D eigenvalue weighted by Gasteiger charge is 2.26. The summed E-state index contributed by atoms with van der Waals surface area (Å²) in [5, 5.41) is 4.64. The van der Waals surface area contributed by atoms with Gasteiger partial charge < -0.3 is 0 Å². The van der Waals surface area contributed by atoms with Crippen LogP contribution in [-0.2, 0) is 36.5 Å². The smallest absolute Gasteiger partial charge is 0.211 e. The SMILES string of the molecule is CCCS(=O)(=O)NC1CCN(Cc2c3c(nn2C)CCC3)CC1. The number of aromatic nitrogens is 2. The average molecular weight is 340 g/mol. The molecule has 0 radical (unpaired) electrons. The number of piperidine rings is 1. The van der Waals surface area contributed by atoms with Crippen molar-refractivity contribution in [1.29, 1.82) is 0 Å². The maximum absolute atomic E-state index is 11.9. The summed E-state index contributed by atoms with van der Waals surface area (Å²) in [5.41, 5.74) is 4.09. The van der Waals surface area contributed by atoms with Crippen molar-refractivity contribution >= 4 is 10.0 Å². The number of aryl methyl sites for hydroxylation is 2. The zero-order chi connectivity index (χ0) is 16.4. The van der Waals surface area contributed by atoms with Gasteiger partial charge in [-0.2, -0.15) is 5.10 Å². The van der Waals surface area contributed by atoms with Crippen LogP contribution in [0.1, 0.15) is 49.6 Å². The Hall–Kier alpha value is -0.920. The van der Waals surface area contributed by atoms with Crippen molar-refractivity contribution in [2.45, 2.75) is 58.0 Å². The summed E-state index contributed by atoms with van der Waals surface area (Å²) >= 11 is 0. The summed E-state index contributed by atoms with van der Waals surface area (Å²) in [6, 6.07) is 0.0973. The average Bonchev–Trinajstić information content (AvgIpc) is 3.03. The Labute approximate surface area is 139 Å². The van der Waals surface area contributed by atoms with Crippen molar-refractivity contribution in [3.05, 3.63) is 17.0 Å². The number of hydrogen-bond acceptors (Lipinski definition) is 4. The molecule has 0 amide bonds. The first-order valence-electron chi connectivity index (χ1n) is 8.74. The van der Waals surface area contributed by atoms with E-state index in [2.05, 4.69) is 14.7 Å². The first-order chi connectivity index (χ1) is 11.0. The standard InChI is InChI=1S/C16H28N4O2S/c1-3-11-23(21,22)18-13-7-9-20(10-8-13)12-16-14-5-4-6-15(14)17-19(16)2/h13,18H,3-12H2,1-2H3. The maximum atomic E-state index is 11.9. The van der Waals surface area contributed by atoms with Gasteiger partial charge in [0, 0.05) is 32.7 Å². The molecule has 130 valence electrons. The second-order valence-electron chi connectivity index (χ2n) is 6.84. The van der Waals surface area contributed by atoms with Crippen LogP contribution in [0.5, 0.6) is 0 Å². The molecule has 0 aromatic carbocycles. The van der Waals surface area contributed by atoms with Gasteiger partial charge in [0.25, 0.3) is 0 Å². The van der Waals surface area contributed by atoms with Gasteiger partial charge >= 0.3 is 0 Å². The quantitative estimate of drug-likeness (QED) is 0.845. The van der Waals surface area contributed by atoms with E-state index in [1.165, 1.54) is 23.4 Å². The van der Waals surface area contributed by atoms with Gasteiger partial charge in [-0.1, -0.05) is 6.92 Å². The third-order valence-electron chi connectivity index (χ3n) is 4.98. The largest absolute Gasteiger partial charge is 0.297 e. The molecule has 2 heterocycles. The van der Waals surface area contributed by atoms with E-state index < -0.39 is 10.0 Å². The van der Waals surface area contributed by atoms with Crippen molar-refractivity contribution in [1.82, 2.24) is 19.4 Å². The van der Waals surface area contributed by atoms with Crippen LogP contribution in [0.15, 0.2) is 0 Å². The predicted octanol–water partition coefficient (Wildman–Crippen LogP) is 1.20. The van der Waals surface area contributed by atoms with Crippen molar-refractivity contribution in [2.75, 3.05) is 18.8 Å². The summed E-state index contributed by atoms with van der Waals surface area (Å²) in [7, 11) is -1.06. The van der Waals surface area contributed by atoms with E-state index in [1.54, 1.807) is 0 Å². The number of nitrogens with zero attached hydrogens (tertiary/aromatic N) is 3. The molecule has 0 bridgehead atoms. The zero-order valence-corrected chi connectivity index (χ0v) is 15.0. The number of hydrogen-bond donors (Lipinski definition) is 1. The molecule has 7 heteroatoms. The molecular formula is C16H28N4O2S. The van der Waals surface area contributed by atoms with Crippen LogP contribution in [0.25, 0.3) is 0 Å². The normalized spacial score (nSPS) is 20.1. The van der Waals surface area contributed by atoms with Crippen molar-refractivity contribution in [3.8, 4) is 0 Å².